The largest absolute Gasteiger partial charge is 0.486 e. The van der Waals surface area contributed by atoms with Crippen molar-refractivity contribution in [3.63, 3.8) is 0 Å². The second kappa shape index (κ2) is 4.99. The molecule has 0 N–H and O–H groups in total. The van der Waals surface area contributed by atoms with Gasteiger partial charge in [0.2, 0.25) is 0 Å². The normalized spacial score (nSPS) is 22.5. The van der Waals surface area contributed by atoms with Crippen molar-refractivity contribution in [3.8, 4) is 5.75 Å². The van der Waals surface area contributed by atoms with E-state index in [1.807, 2.05) is 6.08 Å². The molecular weight excluding hydrogens is 223 g/mol. The van der Waals surface area contributed by atoms with Crippen molar-refractivity contribution in [2.45, 2.75) is 25.6 Å². The molecule has 0 bridgehead atoms. The zero-order valence-corrected chi connectivity index (χ0v) is 9.43. The third-order valence-corrected chi connectivity index (χ3v) is 2.42. The monoisotopic (exact) mass is 236 g/mol. The number of rotatable bonds is 3. The Morgan fingerprint density at radius 3 is 2.53 bits per heavy atom. The van der Waals surface area contributed by atoms with Gasteiger partial charge in [-0.05, 0) is 36.4 Å². The van der Waals surface area contributed by atoms with E-state index in [2.05, 4.69) is 0 Å². The van der Waals surface area contributed by atoms with Crippen molar-refractivity contribution >= 4 is 5.97 Å². The third-order valence-electron chi connectivity index (χ3n) is 2.42. The van der Waals surface area contributed by atoms with E-state index in [0.717, 1.165) is 0 Å². The first-order chi connectivity index (χ1) is 8.13. The van der Waals surface area contributed by atoms with Crippen LogP contribution in [0, 0.1) is 5.82 Å². The molecule has 4 heteroatoms. The Hall–Kier alpha value is -1.84. The molecule has 0 fully saturated rings. The lowest BCUT2D eigenvalue weighted by molar-refractivity contribution is -0.144. The maximum Gasteiger partial charge on any atom is 0.303 e. The zero-order valence-electron chi connectivity index (χ0n) is 9.43. The first-order valence-corrected chi connectivity index (χ1v) is 5.41. The molecule has 0 radical (unpaired) electrons. The van der Waals surface area contributed by atoms with Crippen molar-refractivity contribution in [1.29, 1.82) is 0 Å². The summed E-state index contributed by atoms with van der Waals surface area (Å²) in [6.45, 7) is 1.38. The summed E-state index contributed by atoms with van der Waals surface area (Å²) >= 11 is 0. The highest BCUT2D eigenvalue weighted by molar-refractivity contribution is 5.66. The number of carbonyl (C=O) groups excluding carboxylic acids is 1. The summed E-state index contributed by atoms with van der Waals surface area (Å²) in [5.74, 6) is 0.00344. The Balaban J connectivity index is 1.88. The topological polar surface area (TPSA) is 35.5 Å². The molecule has 0 heterocycles. The van der Waals surface area contributed by atoms with Crippen molar-refractivity contribution in [1.82, 2.24) is 0 Å². The highest BCUT2D eigenvalue weighted by Crippen LogP contribution is 2.21. The number of ether oxygens (including phenoxy) is 2. The van der Waals surface area contributed by atoms with Crippen LogP contribution in [0.3, 0.4) is 0 Å². The second-order valence-electron chi connectivity index (χ2n) is 3.88. The number of hydrogen-bond donors (Lipinski definition) is 0. The second-order valence-corrected chi connectivity index (χ2v) is 3.88. The van der Waals surface area contributed by atoms with Gasteiger partial charge in [0.1, 0.15) is 23.8 Å². The smallest absolute Gasteiger partial charge is 0.303 e. The summed E-state index contributed by atoms with van der Waals surface area (Å²) < 4.78 is 23.3. The van der Waals surface area contributed by atoms with Gasteiger partial charge in [-0.1, -0.05) is 0 Å². The number of esters is 1. The summed E-state index contributed by atoms with van der Waals surface area (Å²) in [5, 5.41) is 0. The van der Waals surface area contributed by atoms with Crippen LogP contribution < -0.4 is 4.74 Å². The zero-order chi connectivity index (χ0) is 12.3. The average Bonchev–Trinajstić information content (AvgIpc) is 2.68. The standard InChI is InChI=1S/C13H13FO3/c1-9(15)16-12-6-7-13(8-12)17-11-4-2-10(14)3-5-11/h2-7,12-13H,8H2,1H3. The van der Waals surface area contributed by atoms with Crippen LogP contribution in [0.4, 0.5) is 4.39 Å². The number of halogens is 1. The maximum absolute atomic E-state index is 12.7. The molecule has 0 aliphatic heterocycles. The summed E-state index contributed by atoms with van der Waals surface area (Å²) in [5.41, 5.74) is 0. The fourth-order valence-electron chi connectivity index (χ4n) is 1.71. The highest BCUT2D eigenvalue weighted by Gasteiger charge is 2.22. The molecule has 2 rings (SSSR count). The lowest BCUT2D eigenvalue weighted by Crippen LogP contribution is -2.18. The maximum atomic E-state index is 12.7. The van der Waals surface area contributed by atoms with Crippen LogP contribution in [0.1, 0.15) is 13.3 Å². The highest BCUT2D eigenvalue weighted by atomic mass is 19.1. The van der Waals surface area contributed by atoms with Crippen molar-refractivity contribution in [3.05, 3.63) is 42.2 Å². The van der Waals surface area contributed by atoms with Crippen LogP contribution in [-0.4, -0.2) is 18.2 Å². The Bertz CT molecular complexity index is 425. The van der Waals surface area contributed by atoms with Crippen molar-refractivity contribution < 1.29 is 18.7 Å². The minimum atomic E-state index is -0.304. The molecule has 17 heavy (non-hydrogen) atoms. The molecular formula is C13H13FO3. The van der Waals surface area contributed by atoms with E-state index >= 15 is 0 Å². The van der Waals surface area contributed by atoms with E-state index < -0.39 is 0 Å². The van der Waals surface area contributed by atoms with E-state index in [0.29, 0.717) is 12.2 Å². The molecule has 90 valence electrons. The summed E-state index contributed by atoms with van der Waals surface area (Å²) in [6.07, 6.45) is 3.88. The van der Waals surface area contributed by atoms with Gasteiger partial charge < -0.3 is 9.47 Å². The van der Waals surface area contributed by atoms with Gasteiger partial charge in [-0.25, -0.2) is 4.39 Å². The minimum absolute atomic E-state index is 0.134. The summed E-state index contributed by atoms with van der Waals surface area (Å²) in [4.78, 5) is 10.8. The van der Waals surface area contributed by atoms with E-state index in [-0.39, 0.29) is 24.0 Å². The molecule has 1 aromatic carbocycles. The predicted octanol–water partition coefficient (Wildman–Crippen LogP) is 2.46. The van der Waals surface area contributed by atoms with E-state index in [1.54, 1.807) is 18.2 Å². The Morgan fingerprint density at radius 2 is 1.88 bits per heavy atom. The van der Waals surface area contributed by atoms with Crippen LogP contribution >= 0.6 is 0 Å². The lowest BCUT2D eigenvalue weighted by atomic mass is 10.2. The van der Waals surface area contributed by atoms with Gasteiger partial charge in [-0.2, -0.15) is 0 Å². The van der Waals surface area contributed by atoms with Crippen molar-refractivity contribution in [2.24, 2.45) is 0 Å². The van der Waals surface area contributed by atoms with Crippen LogP contribution in [0.2, 0.25) is 0 Å². The predicted molar refractivity (Wildman–Crippen MR) is 60.1 cm³/mol. The van der Waals surface area contributed by atoms with Gasteiger partial charge in [0, 0.05) is 13.3 Å². The molecule has 0 aromatic heterocycles. The van der Waals surface area contributed by atoms with Gasteiger partial charge in [-0.15, -0.1) is 0 Å². The fourth-order valence-corrected chi connectivity index (χ4v) is 1.71. The summed E-state index contributed by atoms with van der Waals surface area (Å²) in [6, 6.07) is 5.83. The van der Waals surface area contributed by atoms with Gasteiger partial charge >= 0.3 is 5.97 Å². The average molecular weight is 236 g/mol. The number of carbonyl (C=O) groups is 1. The fraction of sp³-hybridized carbons (Fsp3) is 0.308. The summed E-state index contributed by atoms with van der Waals surface area (Å²) in [7, 11) is 0. The van der Waals surface area contributed by atoms with E-state index in [1.165, 1.54) is 19.1 Å². The molecule has 3 nitrogen and oxygen atoms in total. The molecule has 1 aliphatic rings. The molecule has 0 saturated heterocycles. The molecule has 1 aromatic rings. The molecule has 0 amide bonds. The first-order valence-electron chi connectivity index (χ1n) is 5.41. The minimum Gasteiger partial charge on any atom is -0.486 e. The van der Waals surface area contributed by atoms with E-state index in [4.69, 9.17) is 9.47 Å². The van der Waals surface area contributed by atoms with Gasteiger partial charge in [0.15, 0.2) is 0 Å². The quantitative estimate of drug-likeness (QED) is 0.597. The Labute approximate surface area is 98.8 Å². The van der Waals surface area contributed by atoms with Crippen LogP contribution in [0.25, 0.3) is 0 Å². The van der Waals surface area contributed by atoms with Crippen LogP contribution in [0.5, 0.6) is 5.75 Å². The number of benzene rings is 1. The molecule has 0 saturated carbocycles. The molecule has 0 spiro atoms. The van der Waals surface area contributed by atoms with Crippen LogP contribution in [0.15, 0.2) is 36.4 Å². The van der Waals surface area contributed by atoms with Gasteiger partial charge in [0.25, 0.3) is 0 Å². The molecule has 2 atom stereocenters. The Kier molecular flexibility index (Phi) is 3.42. The Morgan fingerprint density at radius 1 is 1.24 bits per heavy atom. The van der Waals surface area contributed by atoms with Gasteiger partial charge in [0.05, 0.1) is 0 Å². The van der Waals surface area contributed by atoms with E-state index in [9.17, 15) is 9.18 Å². The van der Waals surface area contributed by atoms with Crippen LogP contribution in [-0.2, 0) is 9.53 Å². The van der Waals surface area contributed by atoms with Crippen molar-refractivity contribution in [2.75, 3.05) is 0 Å². The lowest BCUT2D eigenvalue weighted by Gasteiger charge is -2.14. The number of hydrogen-bond acceptors (Lipinski definition) is 3. The first kappa shape index (κ1) is 11.6. The molecule has 2 unspecified atom stereocenters. The molecule has 1 aliphatic carbocycles. The van der Waals surface area contributed by atoms with Gasteiger partial charge in [-0.3, -0.25) is 4.79 Å². The third kappa shape index (κ3) is 3.31. The SMILES string of the molecule is CC(=O)OC1C=CC(Oc2ccc(F)cc2)C1.